The van der Waals surface area contributed by atoms with Crippen LogP contribution in [0.4, 0.5) is 4.79 Å². The van der Waals surface area contributed by atoms with Gasteiger partial charge in [0.2, 0.25) is 0 Å². The van der Waals surface area contributed by atoms with Gasteiger partial charge in [0.05, 0.1) is 16.1 Å². The molecule has 20 heavy (non-hydrogen) atoms. The third-order valence-corrected chi connectivity index (χ3v) is 4.09. The summed E-state index contributed by atoms with van der Waals surface area (Å²) >= 11 is 6.19. The summed E-state index contributed by atoms with van der Waals surface area (Å²) in [5.41, 5.74) is 1.22. The summed E-state index contributed by atoms with van der Waals surface area (Å²) < 4.78 is 1.66. The van der Waals surface area contributed by atoms with Crippen molar-refractivity contribution in [2.75, 3.05) is 13.1 Å². The van der Waals surface area contributed by atoms with Crippen LogP contribution in [0.5, 0.6) is 0 Å². The number of hydrogen-bond acceptors (Lipinski definition) is 2. The lowest BCUT2D eigenvalue weighted by atomic mass is 10.0. The van der Waals surface area contributed by atoms with E-state index in [4.69, 9.17) is 16.7 Å². The Kier molecular flexibility index (Phi) is 3.17. The maximum Gasteiger partial charge on any atom is 0.407 e. The van der Waals surface area contributed by atoms with Gasteiger partial charge in [-0.25, -0.2) is 9.59 Å². The number of fused-ring (bicyclic) bond motifs is 1. The second-order valence-corrected chi connectivity index (χ2v) is 5.34. The maximum atomic E-state index is 12.1. The van der Waals surface area contributed by atoms with Crippen molar-refractivity contribution >= 4 is 28.7 Å². The molecule has 0 saturated carbocycles. The van der Waals surface area contributed by atoms with Gasteiger partial charge in [-0.05, 0) is 25.0 Å². The zero-order valence-electron chi connectivity index (χ0n) is 10.7. The molecular weight excluding hydrogens is 282 g/mol. The Hall–Kier alpha value is -1.95. The molecule has 7 heteroatoms. The van der Waals surface area contributed by atoms with Crippen molar-refractivity contribution in [3.05, 3.63) is 33.7 Å². The van der Waals surface area contributed by atoms with E-state index < -0.39 is 6.09 Å². The van der Waals surface area contributed by atoms with E-state index in [0.717, 1.165) is 0 Å². The topological polar surface area (TPSA) is 78.3 Å². The Morgan fingerprint density at radius 2 is 2.05 bits per heavy atom. The van der Waals surface area contributed by atoms with Crippen molar-refractivity contribution in [1.82, 2.24) is 14.5 Å². The molecule has 0 radical (unpaired) electrons. The molecule has 106 valence electrons. The molecule has 3 rings (SSSR count). The largest absolute Gasteiger partial charge is 0.465 e. The highest BCUT2D eigenvalue weighted by molar-refractivity contribution is 6.34. The first kappa shape index (κ1) is 13.1. The minimum Gasteiger partial charge on any atom is -0.465 e. The van der Waals surface area contributed by atoms with Crippen molar-refractivity contribution in [3.8, 4) is 0 Å². The number of benzene rings is 1. The molecule has 0 unspecified atom stereocenters. The van der Waals surface area contributed by atoms with Gasteiger partial charge >= 0.3 is 11.8 Å². The standard InChI is InChI=1S/C13H14ClN3O3/c14-9-2-1-3-10-11(9)17(12(18)15-10)8-4-6-16(7-5-8)13(19)20/h1-3,8H,4-7H2,(H,15,18)(H,19,20). The number of amides is 1. The van der Waals surface area contributed by atoms with E-state index in [0.29, 0.717) is 42.0 Å². The molecule has 1 fully saturated rings. The van der Waals surface area contributed by atoms with Gasteiger partial charge in [0.15, 0.2) is 0 Å². The Labute approximate surface area is 119 Å². The van der Waals surface area contributed by atoms with E-state index in [1.165, 1.54) is 4.90 Å². The molecule has 1 aliphatic heterocycles. The SMILES string of the molecule is O=C(O)N1CCC(n2c(=O)[nH]c3cccc(Cl)c32)CC1. The molecule has 0 atom stereocenters. The number of carboxylic acid groups (broad SMARTS) is 1. The number of aromatic amines is 1. The van der Waals surface area contributed by atoms with Crippen molar-refractivity contribution < 1.29 is 9.90 Å². The number of hydrogen-bond donors (Lipinski definition) is 2. The average molecular weight is 296 g/mol. The molecule has 6 nitrogen and oxygen atoms in total. The summed E-state index contributed by atoms with van der Waals surface area (Å²) in [6.45, 7) is 0.868. The van der Waals surface area contributed by atoms with E-state index >= 15 is 0 Å². The van der Waals surface area contributed by atoms with Gasteiger partial charge in [-0.15, -0.1) is 0 Å². The summed E-state index contributed by atoms with van der Waals surface area (Å²) in [4.78, 5) is 27.2. The Balaban J connectivity index is 1.98. The molecule has 1 aliphatic rings. The van der Waals surface area contributed by atoms with Crippen LogP contribution in [0.2, 0.25) is 5.02 Å². The van der Waals surface area contributed by atoms with Crippen LogP contribution in [-0.2, 0) is 0 Å². The van der Waals surface area contributed by atoms with Crippen molar-refractivity contribution in [2.45, 2.75) is 18.9 Å². The number of piperidine rings is 1. The molecule has 1 aromatic heterocycles. The fraction of sp³-hybridized carbons (Fsp3) is 0.385. The van der Waals surface area contributed by atoms with Crippen LogP contribution in [0.15, 0.2) is 23.0 Å². The lowest BCUT2D eigenvalue weighted by molar-refractivity contribution is 0.125. The van der Waals surface area contributed by atoms with Gasteiger partial charge in [-0.2, -0.15) is 0 Å². The quantitative estimate of drug-likeness (QED) is 0.847. The lowest BCUT2D eigenvalue weighted by Crippen LogP contribution is -2.39. The summed E-state index contributed by atoms with van der Waals surface area (Å²) in [6, 6.07) is 5.33. The summed E-state index contributed by atoms with van der Waals surface area (Å²) in [5.74, 6) is 0. The number of rotatable bonds is 1. The van der Waals surface area contributed by atoms with Crippen LogP contribution in [0.1, 0.15) is 18.9 Å². The molecule has 0 bridgehead atoms. The number of likely N-dealkylation sites (tertiary alicyclic amines) is 1. The highest BCUT2D eigenvalue weighted by Crippen LogP contribution is 2.28. The minimum absolute atomic E-state index is 0.0215. The minimum atomic E-state index is -0.909. The molecule has 0 aliphatic carbocycles. The molecule has 2 heterocycles. The molecule has 2 N–H and O–H groups in total. The first-order chi connectivity index (χ1) is 9.58. The van der Waals surface area contributed by atoms with Crippen molar-refractivity contribution in [1.29, 1.82) is 0 Å². The van der Waals surface area contributed by atoms with Crippen molar-refractivity contribution in [3.63, 3.8) is 0 Å². The van der Waals surface area contributed by atoms with Gasteiger partial charge in [0.25, 0.3) is 0 Å². The number of aromatic nitrogens is 2. The van der Waals surface area contributed by atoms with Crippen LogP contribution in [-0.4, -0.2) is 38.7 Å². The number of H-pyrrole nitrogens is 1. The molecule has 1 amide bonds. The molecule has 2 aromatic rings. The zero-order chi connectivity index (χ0) is 14.3. The molecule has 1 saturated heterocycles. The monoisotopic (exact) mass is 295 g/mol. The van der Waals surface area contributed by atoms with E-state index in [1.54, 1.807) is 16.7 Å². The van der Waals surface area contributed by atoms with E-state index in [9.17, 15) is 9.59 Å². The predicted molar refractivity (Wildman–Crippen MR) is 75.4 cm³/mol. The van der Waals surface area contributed by atoms with E-state index in [1.807, 2.05) is 6.07 Å². The fourth-order valence-electron chi connectivity index (χ4n) is 2.80. The zero-order valence-corrected chi connectivity index (χ0v) is 11.4. The fourth-order valence-corrected chi connectivity index (χ4v) is 3.07. The highest BCUT2D eigenvalue weighted by Gasteiger charge is 2.26. The van der Waals surface area contributed by atoms with Crippen LogP contribution in [0.3, 0.4) is 0 Å². The normalized spacial score (nSPS) is 16.8. The molecule has 0 spiro atoms. The van der Waals surface area contributed by atoms with Crippen LogP contribution < -0.4 is 5.69 Å². The summed E-state index contributed by atoms with van der Waals surface area (Å²) in [5, 5.41) is 9.48. The van der Waals surface area contributed by atoms with Gasteiger partial charge in [-0.3, -0.25) is 4.57 Å². The number of nitrogens with one attached hydrogen (secondary N) is 1. The van der Waals surface area contributed by atoms with E-state index in [-0.39, 0.29) is 11.7 Å². The summed E-state index contributed by atoms with van der Waals surface area (Å²) in [7, 11) is 0. The first-order valence-electron chi connectivity index (χ1n) is 6.44. The third-order valence-electron chi connectivity index (χ3n) is 3.79. The van der Waals surface area contributed by atoms with Crippen LogP contribution >= 0.6 is 11.6 Å². The second-order valence-electron chi connectivity index (χ2n) is 4.94. The smallest absolute Gasteiger partial charge is 0.407 e. The average Bonchev–Trinajstić information content (AvgIpc) is 2.76. The lowest BCUT2D eigenvalue weighted by Gasteiger charge is -2.30. The number of nitrogens with zero attached hydrogens (tertiary/aromatic N) is 2. The van der Waals surface area contributed by atoms with Crippen molar-refractivity contribution in [2.24, 2.45) is 0 Å². The van der Waals surface area contributed by atoms with Crippen LogP contribution in [0, 0.1) is 0 Å². The Morgan fingerprint density at radius 3 is 2.70 bits per heavy atom. The number of para-hydroxylation sites is 1. The van der Waals surface area contributed by atoms with Gasteiger partial charge < -0.3 is 15.0 Å². The maximum absolute atomic E-state index is 12.1. The number of imidazole rings is 1. The van der Waals surface area contributed by atoms with Gasteiger partial charge in [0, 0.05) is 19.1 Å². The Bertz CT molecular complexity index is 713. The number of carbonyl (C=O) groups is 1. The predicted octanol–water partition coefficient (Wildman–Crippen LogP) is 2.30. The highest BCUT2D eigenvalue weighted by atomic mass is 35.5. The third kappa shape index (κ3) is 2.06. The molecule has 1 aromatic carbocycles. The van der Waals surface area contributed by atoms with E-state index in [2.05, 4.69) is 4.98 Å². The summed E-state index contributed by atoms with van der Waals surface area (Å²) in [6.07, 6.45) is 0.321. The van der Waals surface area contributed by atoms with Gasteiger partial charge in [-0.1, -0.05) is 17.7 Å². The molecular formula is C13H14ClN3O3. The first-order valence-corrected chi connectivity index (χ1v) is 6.82. The Morgan fingerprint density at radius 1 is 1.35 bits per heavy atom. The van der Waals surface area contributed by atoms with Gasteiger partial charge in [0.1, 0.15) is 0 Å². The van der Waals surface area contributed by atoms with Crippen LogP contribution in [0.25, 0.3) is 11.0 Å². The number of halogens is 1. The second kappa shape index (κ2) is 4.86.